The van der Waals surface area contributed by atoms with Gasteiger partial charge in [-0.3, -0.25) is 4.79 Å². The molecule has 2 aromatic rings. The molecular formula is C19H22ClNO2. The highest BCUT2D eigenvalue weighted by molar-refractivity contribution is 6.30. The number of halogens is 1. The molecule has 3 nitrogen and oxygen atoms in total. The summed E-state index contributed by atoms with van der Waals surface area (Å²) in [5, 5.41) is 3.86. The zero-order valence-corrected chi connectivity index (χ0v) is 14.1. The van der Waals surface area contributed by atoms with E-state index in [1.54, 1.807) is 12.1 Å². The molecule has 1 saturated carbocycles. The van der Waals surface area contributed by atoms with Crippen molar-refractivity contribution in [3.63, 3.8) is 0 Å². The lowest BCUT2D eigenvalue weighted by Crippen LogP contribution is -2.30. The van der Waals surface area contributed by atoms with Crippen LogP contribution in [0.3, 0.4) is 0 Å². The van der Waals surface area contributed by atoms with Crippen molar-refractivity contribution in [2.24, 2.45) is 11.8 Å². The van der Waals surface area contributed by atoms with Crippen LogP contribution in [0.15, 0.2) is 47.1 Å². The Balaban J connectivity index is 1.74. The molecule has 0 spiro atoms. The Kier molecular flexibility index (Phi) is 5.06. The first-order valence-electron chi connectivity index (χ1n) is 8.29. The van der Waals surface area contributed by atoms with Crippen molar-refractivity contribution in [3.8, 4) is 0 Å². The summed E-state index contributed by atoms with van der Waals surface area (Å²) in [6, 6.07) is 11.2. The van der Waals surface area contributed by atoms with Gasteiger partial charge in [-0.2, -0.15) is 0 Å². The van der Waals surface area contributed by atoms with Gasteiger partial charge in [0.1, 0.15) is 0 Å². The average Bonchev–Trinajstić information content (AvgIpc) is 3.09. The molecule has 122 valence electrons. The standard InChI is InChI=1S/C19H22ClNO2/c1-2-3-5-14-12-16(14)18(13-7-9-15(20)10-8-13)21-19(22)17-6-4-11-23-17/h4,6-11,14,16,18H,2-3,5,12H2,1H3,(H,21,22)/t14-,16+,18?/m1/s1. The smallest absolute Gasteiger partial charge is 0.287 e. The van der Waals surface area contributed by atoms with Gasteiger partial charge in [-0.25, -0.2) is 0 Å². The Morgan fingerprint density at radius 2 is 2.13 bits per heavy atom. The average molecular weight is 332 g/mol. The second-order valence-electron chi connectivity index (χ2n) is 6.28. The monoisotopic (exact) mass is 331 g/mol. The van der Waals surface area contributed by atoms with Crippen molar-refractivity contribution in [2.45, 2.75) is 38.6 Å². The maximum atomic E-state index is 12.4. The SMILES string of the molecule is CCCC[C@@H]1C[C@@H]1C(NC(=O)c1ccco1)c1ccc(Cl)cc1. The van der Waals surface area contributed by atoms with Gasteiger partial charge in [0, 0.05) is 5.02 Å². The van der Waals surface area contributed by atoms with Crippen molar-refractivity contribution in [1.29, 1.82) is 0 Å². The lowest BCUT2D eigenvalue weighted by Gasteiger charge is -2.19. The Hall–Kier alpha value is -1.74. The first-order chi connectivity index (χ1) is 11.2. The number of carbonyl (C=O) groups is 1. The largest absolute Gasteiger partial charge is 0.459 e. The summed E-state index contributed by atoms with van der Waals surface area (Å²) in [5.74, 6) is 1.40. The van der Waals surface area contributed by atoms with Crippen molar-refractivity contribution < 1.29 is 9.21 Å². The van der Waals surface area contributed by atoms with Crippen LogP contribution in [0.4, 0.5) is 0 Å². The second-order valence-corrected chi connectivity index (χ2v) is 6.72. The van der Waals surface area contributed by atoms with Gasteiger partial charge in [0.05, 0.1) is 12.3 Å². The predicted octanol–water partition coefficient (Wildman–Crippen LogP) is 5.23. The van der Waals surface area contributed by atoms with Gasteiger partial charge in [-0.1, -0.05) is 49.9 Å². The highest BCUT2D eigenvalue weighted by Gasteiger charge is 2.43. The molecule has 1 N–H and O–H groups in total. The third kappa shape index (κ3) is 3.97. The molecule has 1 heterocycles. The van der Waals surface area contributed by atoms with E-state index in [1.807, 2.05) is 24.3 Å². The zero-order valence-electron chi connectivity index (χ0n) is 13.3. The van der Waals surface area contributed by atoms with Gasteiger partial charge in [-0.05, 0) is 48.1 Å². The molecule has 1 aliphatic carbocycles. The molecule has 0 radical (unpaired) electrons. The summed E-state index contributed by atoms with van der Waals surface area (Å²) in [6.07, 6.45) is 6.40. The number of amides is 1. The van der Waals surface area contributed by atoms with Crippen LogP contribution in [-0.2, 0) is 0 Å². The molecule has 0 aliphatic heterocycles. The number of furan rings is 1. The number of rotatable bonds is 7. The topological polar surface area (TPSA) is 42.2 Å². The summed E-state index contributed by atoms with van der Waals surface area (Å²) in [7, 11) is 0. The van der Waals surface area contributed by atoms with Gasteiger partial charge in [0.15, 0.2) is 5.76 Å². The minimum absolute atomic E-state index is 0.0201. The molecule has 3 rings (SSSR count). The molecule has 1 aromatic carbocycles. The van der Waals surface area contributed by atoms with Crippen LogP contribution < -0.4 is 5.32 Å². The van der Waals surface area contributed by atoms with E-state index in [9.17, 15) is 4.79 Å². The van der Waals surface area contributed by atoms with Crippen LogP contribution in [-0.4, -0.2) is 5.91 Å². The fourth-order valence-corrected chi connectivity index (χ4v) is 3.33. The molecule has 1 aliphatic rings. The lowest BCUT2D eigenvalue weighted by atomic mass is 9.99. The Labute approximate surface area is 142 Å². The Morgan fingerprint density at radius 1 is 1.35 bits per heavy atom. The van der Waals surface area contributed by atoms with E-state index in [-0.39, 0.29) is 11.9 Å². The van der Waals surface area contributed by atoms with Crippen LogP contribution in [0, 0.1) is 11.8 Å². The van der Waals surface area contributed by atoms with Gasteiger partial charge in [0.25, 0.3) is 5.91 Å². The minimum atomic E-state index is -0.156. The molecule has 1 aromatic heterocycles. The quantitative estimate of drug-likeness (QED) is 0.754. The lowest BCUT2D eigenvalue weighted by molar-refractivity contribution is 0.0902. The predicted molar refractivity (Wildman–Crippen MR) is 91.5 cm³/mol. The summed E-state index contributed by atoms with van der Waals surface area (Å²) in [5.41, 5.74) is 1.11. The van der Waals surface area contributed by atoms with E-state index < -0.39 is 0 Å². The fraction of sp³-hybridized carbons (Fsp3) is 0.421. The number of nitrogens with one attached hydrogen (secondary N) is 1. The molecule has 1 unspecified atom stereocenters. The summed E-state index contributed by atoms with van der Waals surface area (Å²) in [4.78, 5) is 12.4. The Bertz CT molecular complexity index is 636. The third-order valence-corrected chi connectivity index (χ3v) is 4.85. The van der Waals surface area contributed by atoms with E-state index in [0.29, 0.717) is 22.6 Å². The first-order valence-corrected chi connectivity index (χ1v) is 8.66. The number of hydrogen-bond acceptors (Lipinski definition) is 2. The van der Waals surface area contributed by atoms with E-state index in [4.69, 9.17) is 16.0 Å². The number of benzene rings is 1. The van der Waals surface area contributed by atoms with Gasteiger partial charge < -0.3 is 9.73 Å². The third-order valence-electron chi connectivity index (χ3n) is 4.59. The first kappa shape index (κ1) is 16.1. The molecule has 4 heteroatoms. The second kappa shape index (κ2) is 7.22. The van der Waals surface area contributed by atoms with Crippen LogP contribution in [0.2, 0.25) is 5.02 Å². The highest BCUT2D eigenvalue weighted by Crippen LogP contribution is 2.50. The molecular weight excluding hydrogens is 310 g/mol. The van der Waals surface area contributed by atoms with Crippen LogP contribution in [0.25, 0.3) is 0 Å². The van der Waals surface area contributed by atoms with Crippen LogP contribution >= 0.6 is 11.6 Å². The maximum absolute atomic E-state index is 12.4. The van der Waals surface area contributed by atoms with Crippen LogP contribution in [0.1, 0.15) is 54.8 Å². The van der Waals surface area contributed by atoms with Crippen molar-refractivity contribution >= 4 is 17.5 Å². The molecule has 23 heavy (non-hydrogen) atoms. The van der Waals surface area contributed by atoms with E-state index in [2.05, 4.69) is 12.2 Å². The molecule has 3 atom stereocenters. The number of unbranched alkanes of at least 4 members (excludes halogenated alkanes) is 1. The van der Waals surface area contributed by atoms with Gasteiger partial charge in [0.2, 0.25) is 0 Å². The minimum Gasteiger partial charge on any atom is -0.459 e. The molecule has 1 amide bonds. The van der Waals surface area contributed by atoms with E-state index in [1.165, 1.54) is 31.9 Å². The summed E-state index contributed by atoms with van der Waals surface area (Å²) < 4.78 is 5.21. The molecule has 0 bridgehead atoms. The van der Waals surface area contributed by atoms with Gasteiger partial charge in [-0.15, -0.1) is 0 Å². The molecule has 1 fully saturated rings. The van der Waals surface area contributed by atoms with E-state index in [0.717, 1.165) is 5.56 Å². The fourth-order valence-electron chi connectivity index (χ4n) is 3.21. The van der Waals surface area contributed by atoms with Crippen molar-refractivity contribution in [1.82, 2.24) is 5.32 Å². The molecule has 0 saturated heterocycles. The van der Waals surface area contributed by atoms with E-state index >= 15 is 0 Å². The van der Waals surface area contributed by atoms with Gasteiger partial charge >= 0.3 is 0 Å². The van der Waals surface area contributed by atoms with Crippen LogP contribution in [0.5, 0.6) is 0 Å². The summed E-state index contributed by atoms with van der Waals surface area (Å²) in [6.45, 7) is 2.22. The maximum Gasteiger partial charge on any atom is 0.287 e. The van der Waals surface area contributed by atoms with Crippen molar-refractivity contribution in [3.05, 3.63) is 59.0 Å². The number of hydrogen-bond donors (Lipinski definition) is 1. The van der Waals surface area contributed by atoms with Crippen molar-refractivity contribution in [2.75, 3.05) is 0 Å². The Morgan fingerprint density at radius 3 is 2.78 bits per heavy atom. The zero-order chi connectivity index (χ0) is 16.2. The normalized spacial score (nSPS) is 21.0. The number of carbonyl (C=O) groups excluding carboxylic acids is 1. The highest BCUT2D eigenvalue weighted by atomic mass is 35.5. The summed E-state index contributed by atoms with van der Waals surface area (Å²) >= 11 is 5.99.